The van der Waals surface area contributed by atoms with E-state index in [4.69, 9.17) is 18.9 Å². The van der Waals surface area contributed by atoms with Gasteiger partial charge >= 0.3 is 17.9 Å². The van der Waals surface area contributed by atoms with Crippen molar-refractivity contribution in [2.24, 2.45) is 0 Å². The number of aliphatic carboxylic acids is 1. The van der Waals surface area contributed by atoms with Crippen LogP contribution >= 0.6 is 0 Å². The molecule has 1 N–H and O–H groups in total. The molecule has 0 aromatic rings. The fourth-order valence-corrected chi connectivity index (χ4v) is 9.35. The Hall–Kier alpha value is -2.23. The van der Waals surface area contributed by atoms with Crippen LogP contribution in [0.15, 0.2) is 24.3 Å². The van der Waals surface area contributed by atoms with Crippen LogP contribution in [0.1, 0.15) is 309 Å². The van der Waals surface area contributed by atoms with Gasteiger partial charge in [0.05, 0.1) is 34.4 Å². The molecule has 0 spiro atoms. The van der Waals surface area contributed by atoms with Crippen LogP contribution in [0.4, 0.5) is 0 Å². The summed E-state index contributed by atoms with van der Waals surface area (Å²) in [6.07, 6.45) is 64.5. The number of likely N-dealkylation sites (N-methyl/N-ethyl adjacent to an activating group) is 1. The Balaban J connectivity index is 3.94. The first kappa shape index (κ1) is 70.8. The summed E-state index contributed by atoms with van der Waals surface area (Å²) in [5, 5.41) is 9.68. The summed E-state index contributed by atoms with van der Waals surface area (Å²) in [4.78, 5) is 37.3. The molecule has 9 nitrogen and oxygen atoms in total. The zero-order valence-corrected chi connectivity index (χ0v) is 49.1. The lowest BCUT2D eigenvalue weighted by molar-refractivity contribution is -0.870. The van der Waals surface area contributed by atoms with Gasteiger partial charge in [0.2, 0.25) is 0 Å². The standard InChI is InChI=1S/C64H121NO8/c1-6-8-10-12-14-16-18-20-21-22-23-24-25-26-27-28-29-30-31-32-33-34-35-36-37-38-39-40-41-43-44-46-48-50-52-54-61(66)71-58-60(59-72-64(63(68)69)70-57-56-65(3,4)5)73-62(67)55-53-51-49-47-45-42-19-17-15-13-11-9-7-2/h11,13,17,19,60,64H,6-10,12,14-16,18,20-59H2,1-5H3/p+1/b13-11-,19-17-. The molecule has 0 aliphatic heterocycles. The lowest BCUT2D eigenvalue weighted by Crippen LogP contribution is -2.40. The number of allylic oxidation sites excluding steroid dienone is 4. The second-order valence-corrected chi connectivity index (χ2v) is 22.7. The third kappa shape index (κ3) is 57.3. The second kappa shape index (κ2) is 56.0. The molecule has 0 rings (SSSR count). The van der Waals surface area contributed by atoms with Gasteiger partial charge < -0.3 is 28.5 Å². The lowest BCUT2D eigenvalue weighted by atomic mass is 10.0. The van der Waals surface area contributed by atoms with Crippen molar-refractivity contribution in [3.8, 4) is 0 Å². The summed E-state index contributed by atoms with van der Waals surface area (Å²) in [6, 6.07) is 0. The number of quaternary nitrogens is 1. The maximum absolute atomic E-state index is 12.8. The molecule has 0 heterocycles. The van der Waals surface area contributed by atoms with Gasteiger partial charge in [0.15, 0.2) is 6.10 Å². The average Bonchev–Trinajstić information content (AvgIpc) is 3.36. The predicted molar refractivity (Wildman–Crippen MR) is 309 cm³/mol. The van der Waals surface area contributed by atoms with E-state index in [1.807, 2.05) is 21.1 Å². The van der Waals surface area contributed by atoms with Crippen molar-refractivity contribution >= 4 is 17.9 Å². The minimum atomic E-state index is -1.51. The van der Waals surface area contributed by atoms with E-state index in [0.29, 0.717) is 23.9 Å². The van der Waals surface area contributed by atoms with E-state index < -0.39 is 24.3 Å². The molecule has 430 valence electrons. The molecular weight excluding hydrogens is 911 g/mol. The van der Waals surface area contributed by atoms with Crippen molar-refractivity contribution in [2.45, 2.75) is 322 Å². The number of nitrogens with zero attached hydrogens (tertiary/aromatic N) is 1. The van der Waals surface area contributed by atoms with Gasteiger partial charge in [-0.05, 0) is 38.5 Å². The fourth-order valence-electron chi connectivity index (χ4n) is 9.35. The molecule has 2 atom stereocenters. The first-order valence-electron chi connectivity index (χ1n) is 31.5. The molecule has 2 unspecified atom stereocenters. The SMILES string of the molecule is CCC/C=C\C/C=C\CCCCCCCC(=O)OC(COC(=O)CCCCCCCCCCCCCCCCCCCCCCCCCCCCCCCCCCCCC)COC(OCC[N+](C)(C)C)C(=O)O. The molecule has 0 aliphatic carbocycles. The molecular formula is C64H122NO8+. The highest BCUT2D eigenvalue weighted by atomic mass is 16.7. The van der Waals surface area contributed by atoms with E-state index in [2.05, 4.69) is 38.2 Å². The Labute approximate surface area is 452 Å². The van der Waals surface area contributed by atoms with Gasteiger partial charge in [0.1, 0.15) is 13.2 Å². The maximum atomic E-state index is 12.8. The van der Waals surface area contributed by atoms with Crippen LogP contribution in [0.25, 0.3) is 0 Å². The third-order valence-electron chi connectivity index (χ3n) is 14.2. The molecule has 0 saturated carbocycles. The topological polar surface area (TPSA) is 108 Å². The summed E-state index contributed by atoms with van der Waals surface area (Å²) in [6.45, 7) is 4.84. The highest BCUT2D eigenvalue weighted by molar-refractivity contribution is 5.71. The number of carbonyl (C=O) groups is 3. The average molecular weight is 1030 g/mol. The van der Waals surface area contributed by atoms with E-state index in [0.717, 1.165) is 64.2 Å². The highest BCUT2D eigenvalue weighted by Gasteiger charge is 2.25. The molecule has 0 aromatic carbocycles. The van der Waals surface area contributed by atoms with E-state index in [9.17, 15) is 19.5 Å². The quantitative estimate of drug-likeness (QED) is 0.0211. The van der Waals surface area contributed by atoms with Gasteiger partial charge in [-0.3, -0.25) is 9.59 Å². The summed E-state index contributed by atoms with van der Waals surface area (Å²) in [7, 11) is 5.97. The summed E-state index contributed by atoms with van der Waals surface area (Å²) in [5.74, 6) is -2.01. The Morgan fingerprint density at radius 1 is 0.411 bits per heavy atom. The van der Waals surface area contributed by atoms with Gasteiger partial charge in [0, 0.05) is 12.8 Å². The van der Waals surface area contributed by atoms with Crippen LogP contribution in [0, 0.1) is 0 Å². The van der Waals surface area contributed by atoms with Gasteiger partial charge in [-0.2, -0.15) is 0 Å². The largest absolute Gasteiger partial charge is 0.477 e. The second-order valence-electron chi connectivity index (χ2n) is 22.7. The van der Waals surface area contributed by atoms with E-state index in [-0.39, 0.29) is 32.2 Å². The van der Waals surface area contributed by atoms with Crippen molar-refractivity contribution in [3.63, 3.8) is 0 Å². The number of rotatable bonds is 59. The number of ether oxygens (including phenoxy) is 4. The van der Waals surface area contributed by atoms with Gasteiger partial charge in [-0.1, -0.05) is 282 Å². The number of carbonyl (C=O) groups excluding carboxylic acids is 2. The molecule has 0 aromatic heterocycles. The maximum Gasteiger partial charge on any atom is 0.361 e. The zero-order chi connectivity index (χ0) is 53.4. The first-order valence-corrected chi connectivity index (χ1v) is 31.5. The van der Waals surface area contributed by atoms with Crippen molar-refractivity contribution in [1.29, 1.82) is 0 Å². The van der Waals surface area contributed by atoms with Crippen LogP contribution in [0.2, 0.25) is 0 Å². The Bertz CT molecular complexity index is 1250. The summed E-state index contributed by atoms with van der Waals surface area (Å²) < 4.78 is 22.8. The normalized spacial score (nSPS) is 12.8. The minimum absolute atomic E-state index is 0.183. The first-order chi connectivity index (χ1) is 35.6. The van der Waals surface area contributed by atoms with Crippen molar-refractivity contribution in [3.05, 3.63) is 24.3 Å². The van der Waals surface area contributed by atoms with E-state index >= 15 is 0 Å². The predicted octanol–water partition coefficient (Wildman–Crippen LogP) is 18.7. The minimum Gasteiger partial charge on any atom is -0.477 e. The summed E-state index contributed by atoms with van der Waals surface area (Å²) >= 11 is 0. The number of hydrogen-bond acceptors (Lipinski definition) is 7. The van der Waals surface area contributed by atoms with E-state index in [1.165, 1.54) is 212 Å². The van der Waals surface area contributed by atoms with Gasteiger partial charge in [-0.15, -0.1) is 0 Å². The molecule has 0 saturated heterocycles. The van der Waals surface area contributed by atoms with E-state index in [1.54, 1.807) is 0 Å². The summed E-state index contributed by atoms with van der Waals surface area (Å²) in [5.41, 5.74) is 0. The van der Waals surface area contributed by atoms with Gasteiger partial charge in [0.25, 0.3) is 6.29 Å². The molecule has 0 fully saturated rings. The molecule has 0 bridgehead atoms. The molecule has 0 amide bonds. The Kier molecular flexibility index (Phi) is 54.3. The van der Waals surface area contributed by atoms with Crippen LogP contribution in [-0.4, -0.2) is 87.4 Å². The number of hydrogen-bond donors (Lipinski definition) is 1. The molecule has 0 aliphatic rings. The molecule has 73 heavy (non-hydrogen) atoms. The molecule has 0 radical (unpaired) electrons. The highest BCUT2D eigenvalue weighted by Crippen LogP contribution is 2.18. The molecule has 9 heteroatoms. The van der Waals surface area contributed by atoms with Crippen LogP contribution in [0.5, 0.6) is 0 Å². The fraction of sp³-hybridized carbons (Fsp3) is 0.891. The van der Waals surface area contributed by atoms with Crippen LogP contribution in [-0.2, 0) is 33.3 Å². The number of esters is 2. The Morgan fingerprint density at radius 2 is 0.767 bits per heavy atom. The van der Waals surface area contributed by atoms with Crippen LogP contribution < -0.4 is 0 Å². The Morgan fingerprint density at radius 3 is 1.14 bits per heavy atom. The number of carboxylic acids is 1. The van der Waals surface area contributed by atoms with Crippen LogP contribution in [0.3, 0.4) is 0 Å². The number of unbranched alkanes of at least 4 members (excludes halogenated alkanes) is 40. The lowest BCUT2D eigenvalue weighted by Gasteiger charge is -2.25. The monoisotopic (exact) mass is 1030 g/mol. The van der Waals surface area contributed by atoms with Crippen molar-refractivity contribution < 1.29 is 42.9 Å². The third-order valence-corrected chi connectivity index (χ3v) is 14.2. The van der Waals surface area contributed by atoms with Crippen molar-refractivity contribution in [1.82, 2.24) is 0 Å². The van der Waals surface area contributed by atoms with Gasteiger partial charge in [-0.25, -0.2) is 4.79 Å². The number of carboxylic acid groups (broad SMARTS) is 1. The zero-order valence-electron chi connectivity index (χ0n) is 49.1. The smallest absolute Gasteiger partial charge is 0.361 e. The van der Waals surface area contributed by atoms with Crippen molar-refractivity contribution in [2.75, 3.05) is 47.5 Å².